The molecule has 2 aromatic rings. The maximum Gasteiger partial charge on any atom is 0.124 e. The first kappa shape index (κ1) is 13.2. The van der Waals surface area contributed by atoms with Gasteiger partial charge in [-0.05, 0) is 54.8 Å². The fourth-order valence-corrected chi connectivity index (χ4v) is 2.41. The molecule has 0 spiro atoms. The van der Waals surface area contributed by atoms with Crippen molar-refractivity contribution in [1.82, 2.24) is 4.98 Å². The third kappa shape index (κ3) is 3.37. The molecule has 0 saturated carbocycles. The highest BCUT2D eigenvalue weighted by atomic mass is 79.9. The van der Waals surface area contributed by atoms with Crippen LogP contribution in [0.5, 0.6) is 0 Å². The van der Waals surface area contributed by atoms with Crippen molar-refractivity contribution in [2.45, 2.75) is 19.4 Å². The molecule has 18 heavy (non-hydrogen) atoms. The van der Waals surface area contributed by atoms with Crippen LogP contribution < -0.4 is 5.73 Å². The lowest BCUT2D eigenvalue weighted by atomic mass is 10.00. The molecule has 0 saturated heterocycles. The Morgan fingerprint density at radius 3 is 2.78 bits per heavy atom. The molecule has 0 aliphatic heterocycles. The van der Waals surface area contributed by atoms with Crippen LogP contribution in [0.2, 0.25) is 0 Å². The van der Waals surface area contributed by atoms with Gasteiger partial charge in [-0.1, -0.05) is 15.9 Å². The second kappa shape index (κ2) is 5.59. The van der Waals surface area contributed by atoms with Crippen LogP contribution in [-0.2, 0) is 6.42 Å². The lowest BCUT2D eigenvalue weighted by molar-refractivity contribution is 0.621. The molecule has 94 valence electrons. The second-order valence-electron chi connectivity index (χ2n) is 4.32. The molecule has 0 fully saturated rings. The van der Waals surface area contributed by atoms with Crippen molar-refractivity contribution >= 4 is 15.9 Å². The van der Waals surface area contributed by atoms with E-state index < -0.39 is 0 Å². The van der Waals surface area contributed by atoms with Crippen molar-refractivity contribution in [3.8, 4) is 0 Å². The largest absolute Gasteiger partial charge is 0.324 e. The van der Waals surface area contributed by atoms with Gasteiger partial charge < -0.3 is 5.73 Å². The predicted molar refractivity (Wildman–Crippen MR) is 73.7 cm³/mol. The SMILES string of the molecule is Cc1cc(C(N)Cc2cc(F)cc(Br)c2)ccn1. The lowest BCUT2D eigenvalue weighted by Gasteiger charge is -2.13. The first-order valence-electron chi connectivity index (χ1n) is 5.67. The summed E-state index contributed by atoms with van der Waals surface area (Å²) in [7, 11) is 0. The van der Waals surface area contributed by atoms with E-state index >= 15 is 0 Å². The van der Waals surface area contributed by atoms with Crippen LogP contribution in [0, 0.1) is 12.7 Å². The van der Waals surface area contributed by atoms with E-state index in [1.165, 1.54) is 12.1 Å². The van der Waals surface area contributed by atoms with Gasteiger partial charge in [0.25, 0.3) is 0 Å². The molecule has 2 nitrogen and oxygen atoms in total. The number of rotatable bonds is 3. The zero-order valence-electron chi connectivity index (χ0n) is 10.0. The Morgan fingerprint density at radius 2 is 2.11 bits per heavy atom. The summed E-state index contributed by atoms with van der Waals surface area (Å²) in [6.07, 6.45) is 2.34. The Hall–Kier alpha value is -1.26. The monoisotopic (exact) mass is 308 g/mol. The molecule has 1 unspecified atom stereocenters. The first-order chi connectivity index (χ1) is 8.54. The maximum absolute atomic E-state index is 13.3. The molecule has 1 heterocycles. The van der Waals surface area contributed by atoms with E-state index in [1.807, 2.05) is 25.1 Å². The molecule has 2 N–H and O–H groups in total. The van der Waals surface area contributed by atoms with Crippen molar-refractivity contribution in [2.75, 3.05) is 0 Å². The number of hydrogen-bond acceptors (Lipinski definition) is 2. The summed E-state index contributed by atoms with van der Waals surface area (Å²) in [5.74, 6) is -0.252. The Labute approximate surface area is 114 Å². The Balaban J connectivity index is 2.18. The molecule has 0 radical (unpaired) electrons. The predicted octanol–water partition coefficient (Wildman–Crippen LogP) is 3.53. The molecule has 1 aromatic heterocycles. The van der Waals surface area contributed by atoms with E-state index in [0.717, 1.165) is 21.3 Å². The summed E-state index contributed by atoms with van der Waals surface area (Å²) in [6.45, 7) is 1.93. The molecular weight excluding hydrogens is 295 g/mol. The van der Waals surface area contributed by atoms with E-state index in [0.29, 0.717) is 6.42 Å². The van der Waals surface area contributed by atoms with Gasteiger partial charge in [0, 0.05) is 22.4 Å². The van der Waals surface area contributed by atoms with Crippen LogP contribution in [0.4, 0.5) is 4.39 Å². The number of hydrogen-bond donors (Lipinski definition) is 1. The molecule has 1 aromatic carbocycles. The van der Waals surface area contributed by atoms with Crippen molar-refractivity contribution < 1.29 is 4.39 Å². The van der Waals surface area contributed by atoms with Crippen LogP contribution in [0.25, 0.3) is 0 Å². The van der Waals surface area contributed by atoms with E-state index in [1.54, 1.807) is 6.20 Å². The smallest absolute Gasteiger partial charge is 0.124 e. The van der Waals surface area contributed by atoms with Crippen molar-refractivity contribution in [2.24, 2.45) is 5.73 Å². The van der Waals surface area contributed by atoms with Gasteiger partial charge in [-0.2, -0.15) is 0 Å². The van der Waals surface area contributed by atoms with Crippen LogP contribution >= 0.6 is 15.9 Å². The number of pyridine rings is 1. The molecule has 0 amide bonds. The minimum Gasteiger partial charge on any atom is -0.324 e. The molecule has 1 atom stereocenters. The van der Waals surface area contributed by atoms with Gasteiger partial charge in [0.15, 0.2) is 0 Å². The molecule has 0 aliphatic carbocycles. The minimum atomic E-state index is -0.252. The van der Waals surface area contributed by atoms with Crippen LogP contribution in [0.15, 0.2) is 41.0 Å². The molecule has 2 rings (SSSR count). The minimum absolute atomic E-state index is 0.152. The van der Waals surface area contributed by atoms with Crippen molar-refractivity contribution in [3.63, 3.8) is 0 Å². The number of aryl methyl sites for hydroxylation is 1. The summed E-state index contributed by atoms with van der Waals surface area (Å²) >= 11 is 3.28. The zero-order chi connectivity index (χ0) is 13.1. The quantitative estimate of drug-likeness (QED) is 0.942. The summed E-state index contributed by atoms with van der Waals surface area (Å²) < 4.78 is 14.0. The highest BCUT2D eigenvalue weighted by Crippen LogP contribution is 2.20. The number of nitrogens with two attached hydrogens (primary N) is 1. The normalized spacial score (nSPS) is 12.4. The average Bonchev–Trinajstić information content (AvgIpc) is 2.27. The zero-order valence-corrected chi connectivity index (χ0v) is 11.6. The van der Waals surface area contributed by atoms with Gasteiger partial charge in [0.05, 0.1) is 0 Å². The number of aromatic nitrogens is 1. The van der Waals surface area contributed by atoms with E-state index in [2.05, 4.69) is 20.9 Å². The topological polar surface area (TPSA) is 38.9 Å². The van der Waals surface area contributed by atoms with Gasteiger partial charge >= 0.3 is 0 Å². The first-order valence-corrected chi connectivity index (χ1v) is 6.47. The summed E-state index contributed by atoms with van der Waals surface area (Å²) in [6, 6.07) is 8.53. The molecule has 0 bridgehead atoms. The van der Waals surface area contributed by atoms with Crippen LogP contribution in [0.3, 0.4) is 0 Å². The highest BCUT2D eigenvalue weighted by Gasteiger charge is 2.09. The van der Waals surface area contributed by atoms with Gasteiger partial charge in [-0.25, -0.2) is 4.39 Å². The van der Waals surface area contributed by atoms with Crippen LogP contribution in [0.1, 0.15) is 22.9 Å². The maximum atomic E-state index is 13.3. The van der Waals surface area contributed by atoms with Gasteiger partial charge in [0.2, 0.25) is 0 Å². The Kier molecular flexibility index (Phi) is 4.09. The summed E-state index contributed by atoms with van der Waals surface area (Å²) in [5, 5.41) is 0. The number of benzene rings is 1. The highest BCUT2D eigenvalue weighted by molar-refractivity contribution is 9.10. The van der Waals surface area contributed by atoms with E-state index in [4.69, 9.17) is 5.73 Å². The molecular formula is C14H14BrFN2. The third-order valence-electron chi connectivity index (χ3n) is 2.73. The molecule has 0 aliphatic rings. The van der Waals surface area contributed by atoms with Gasteiger partial charge in [0.1, 0.15) is 5.82 Å². The number of nitrogens with zero attached hydrogens (tertiary/aromatic N) is 1. The van der Waals surface area contributed by atoms with Crippen LogP contribution in [-0.4, -0.2) is 4.98 Å². The van der Waals surface area contributed by atoms with Gasteiger partial charge in [-0.3, -0.25) is 4.98 Å². The number of halogens is 2. The Morgan fingerprint density at radius 1 is 1.33 bits per heavy atom. The van der Waals surface area contributed by atoms with Crippen molar-refractivity contribution in [1.29, 1.82) is 0 Å². The lowest BCUT2D eigenvalue weighted by Crippen LogP contribution is -2.13. The van der Waals surface area contributed by atoms with Crippen molar-refractivity contribution in [3.05, 3.63) is 63.6 Å². The third-order valence-corrected chi connectivity index (χ3v) is 3.18. The Bertz CT molecular complexity index is 537. The average molecular weight is 309 g/mol. The fourth-order valence-electron chi connectivity index (χ4n) is 1.90. The summed E-state index contributed by atoms with van der Waals surface area (Å²) in [4.78, 5) is 4.13. The van der Waals surface area contributed by atoms with Gasteiger partial charge in [-0.15, -0.1) is 0 Å². The van der Waals surface area contributed by atoms with E-state index in [9.17, 15) is 4.39 Å². The standard InChI is InChI=1S/C14H14BrFN2/c1-9-4-11(2-3-18-9)14(17)7-10-5-12(15)8-13(16)6-10/h2-6,8,14H,7,17H2,1H3. The van der Waals surface area contributed by atoms with E-state index in [-0.39, 0.29) is 11.9 Å². The second-order valence-corrected chi connectivity index (χ2v) is 5.23. The summed E-state index contributed by atoms with van der Waals surface area (Å²) in [5.41, 5.74) is 8.96. The molecule has 4 heteroatoms. The fraction of sp³-hybridized carbons (Fsp3) is 0.214.